The molecular formula is C13H18BNSi. The highest BCUT2D eigenvalue weighted by atomic mass is 28.3. The number of benzene rings is 1. The lowest BCUT2D eigenvalue weighted by atomic mass is 9.55. The Morgan fingerprint density at radius 3 is 2.31 bits per heavy atom. The van der Waals surface area contributed by atoms with Crippen LogP contribution in [-0.2, 0) is 0 Å². The Morgan fingerprint density at radius 1 is 1.00 bits per heavy atom. The van der Waals surface area contributed by atoms with Crippen molar-refractivity contribution in [2.24, 2.45) is 0 Å². The van der Waals surface area contributed by atoms with Gasteiger partial charge in [-0.05, 0) is 12.3 Å². The number of allylic oxidation sites excluding steroid dienone is 2. The molecule has 1 aliphatic heterocycles. The molecule has 1 nitrogen and oxygen atoms in total. The van der Waals surface area contributed by atoms with E-state index in [4.69, 9.17) is 0 Å². The Kier molecular flexibility index (Phi) is 3.06. The Hall–Kier alpha value is -1.22. The summed E-state index contributed by atoms with van der Waals surface area (Å²) in [6.07, 6.45) is 6.52. The number of hydrogen-bond donors (Lipinski definition) is 0. The van der Waals surface area contributed by atoms with Crippen LogP contribution in [0.3, 0.4) is 0 Å². The fourth-order valence-corrected chi connectivity index (χ4v) is 3.66. The molecule has 3 heteroatoms. The molecule has 0 saturated heterocycles. The molecule has 0 aromatic heterocycles. The maximum absolute atomic E-state index is 2.53. The minimum atomic E-state index is -1.31. The van der Waals surface area contributed by atoms with Crippen LogP contribution in [0.4, 0.5) is 0 Å². The quantitative estimate of drug-likeness (QED) is 0.702. The van der Waals surface area contributed by atoms with Crippen molar-refractivity contribution in [1.82, 2.24) is 4.48 Å². The maximum atomic E-state index is 2.53. The largest absolute Gasteiger partial charge is 0.441 e. The van der Waals surface area contributed by atoms with Crippen LogP contribution in [0.15, 0.2) is 54.7 Å². The molecule has 0 N–H and O–H groups in total. The zero-order chi connectivity index (χ0) is 11.6. The van der Waals surface area contributed by atoms with Gasteiger partial charge >= 0.3 is 6.85 Å². The third-order valence-corrected chi connectivity index (χ3v) is 4.84. The summed E-state index contributed by atoms with van der Waals surface area (Å²) in [5, 5.41) is 0. The Bertz CT molecular complexity index is 406. The summed E-state index contributed by atoms with van der Waals surface area (Å²) in [5.74, 6) is 2.29. The molecule has 0 saturated carbocycles. The van der Waals surface area contributed by atoms with Crippen molar-refractivity contribution < 1.29 is 0 Å². The van der Waals surface area contributed by atoms with Crippen molar-refractivity contribution in [2.75, 3.05) is 0 Å². The van der Waals surface area contributed by atoms with Gasteiger partial charge in [-0.25, -0.2) is 0 Å². The van der Waals surface area contributed by atoms with Crippen LogP contribution < -0.4 is 5.46 Å². The number of nitrogens with zero attached hydrogens (tertiary/aromatic N) is 1. The lowest BCUT2D eigenvalue weighted by Gasteiger charge is -2.39. The van der Waals surface area contributed by atoms with Crippen LogP contribution in [0.2, 0.25) is 19.6 Å². The standard InChI is InChI=1S/C13H18BNSi/c1-16(2,3)15-12-8-7-11-14(15)13-9-5-4-6-10-13/h4-12H,1-3H3. The van der Waals surface area contributed by atoms with E-state index in [0.29, 0.717) is 6.85 Å². The molecule has 0 fully saturated rings. The first-order valence-electron chi connectivity index (χ1n) is 5.77. The van der Waals surface area contributed by atoms with Crippen molar-refractivity contribution in [1.29, 1.82) is 0 Å². The van der Waals surface area contributed by atoms with Gasteiger partial charge in [-0.1, -0.05) is 67.5 Å². The van der Waals surface area contributed by atoms with E-state index >= 15 is 0 Å². The van der Waals surface area contributed by atoms with Crippen LogP contribution in [0.25, 0.3) is 0 Å². The van der Waals surface area contributed by atoms with Crippen molar-refractivity contribution in [3.63, 3.8) is 0 Å². The lowest BCUT2D eigenvalue weighted by molar-refractivity contribution is 0.867. The maximum Gasteiger partial charge on any atom is 0.307 e. The van der Waals surface area contributed by atoms with E-state index in [1.807, 2.05) is 0 Å². The Labute approximate surface area is 99.7 Å². The molecule has 82 valence electrons. The molecule has 0 atom stereocenters. The first-order valence-corrected chi connectivity index (χ1v) is 9.22. The number of rotatable bonds is 2. The first-order chi connectivity index (χ1) is 7.59. The topological polar surface area (TPSA) is 3.24 Å². The molecular weight excluding hydrogens is 209 g/mol. The normalized spacial score (nSPS) is 15.7. The van der Waals surface area contributed by atoms with Crippen LogP contribution in [0, 0.1) is 0 Å². The monoisotopic (exact) mass is 227 g/mol. The van der Waals surface area contributed by atoms with Crippen LogP contribution in [0.1, 0.15) is 0 Å². The number of hydrogen-bond acceptors (Lipinski definition) is 1. The second kappa shape index (κ2) is 4.34. The molecule has 1 heterocycles. The molecule has 1 aromatic rings. The van der Waals surface area contributed by atoms with Crippen molar-refractivity contribution in [3.8, 4) is 0 Å². The highest BCUT2D eigenvalue weighted by Gasteiger charge is 2.31. The molecule has 0 bridgehead atoms. The second-order valence-electron chi connectivity index (χ2n) is 5.16. The van der Waals surface area contributed by atoms with Gasteiger partial charge in [0, 0.05) is 0 Å². The predicted octanol–water partition coefficient (Wildman–Crippen LogP) is 2.64. The zero-order valence-electron chi connectivity index (χ0n) is 10.2. The van der Waals surface area contributed by atoms with Crippen molar-refractivity contribution in [3.05, 3.63) is 54.7 Å². The SMILES string of the molecule is C[Si](C)(C)N1C=CC=CB1c1ccccc1. The van der Waals surface area contributed by atoms with E-state index in [1.165, 1.54) is 5.46 Å². The molecule has 0 spiro atoms. The van der Waals surface area contributed by atoms with Gasteiger partial charge in [-0.2, -0.15) is 0 Å². The molecule has 0 aliphatic carbocycles. The molecule has 16 heavy (non-hydrogen) atoms. The van der Waals surface area contributed by atoms with Crippen LogP contribution in [-0.4, -0.2) is 19.6 Å². The Balaban J connectivity index is 2.33. The molecule has 2 rings (SSSR count). The van der Waals surface area contributed by atoms with E-state index in [0.717, 1.165) is 0 Å². The zero-order valence-corrected chi connectivity index (χ0v) is 11.2. The van der Waals surface area contributed by atoms with Gasteiger partial charge in [-0.3, -0.25) is 0 Å². The summed E-state index contributed by atoms with van der Waals surface area (Å²) >= 11 is 0. The summed E-state index contributed by atoms with van der Waals surface area (Å²) in [6.45, 7) is 7.56. The predicted molar refractivity (Wildman–Crippen MR) is 75.3 cm³/mol. The van der Waals surface area contributed by atoms with Crippen LogP contribution in [0.5, 0.6) is 0 Å². The van der Waals surface area contributed by atoms with E-state index in [1.54, 1.807) is 0 Å². The van der Waals surface area contributed by atoms with Gasteiger partial charge in [0.25, 0.3) is 0 Å². The molecule has 0 amide bonds. The highest BCUT2D eigenvalue weighted by Crippen LogP contribution is 2.16. The third-order valence-electron chi connectivity index (χ3n) is 2.87. The first kappa shape index (κ1) is 11.3. The Morgan fingerprint density at radius 2 is 1.69 bits per heavy atom. The highest BCUT2D eigenvalue weighted by molar-refractivity contribution is 6.90. The van der Waals surface area contributed by atoms with Crippen molar-refractivity contribution >= 4 is 20.5 Å². The fourth-order valence-electron chi connectivity index (χ4n) is 2.06. The summed E-state index contributed by atoms with van der Waals surface area (Å²) in [6, 6.07) is 10.7. The molecule has 1 aromatic carbocycles. The fraction of sp³-hybridized carbons (Fsp3) is 0.231. The van der Waals surface area contributed by atoms with E-state index < -0.39 is 8.24 Å². The van der Waals surface area contributed by atoms with Gasteiger partial charge in [-0.15, -0.1) is 0 Å². The van der Waals surface area contributed by atoms with E-state index in [9.17, 15) is 0 Å². The van der Waals surface area contributed by atoms with Gasteiger partial charge in [0.15, 0.2) is 0 Å². The third kappa shape index (κ3) is 2.30. The van der Waals surface area contributed by atoms with Crippen molar-refractivity contribution in [2.45, 2.75) is 19.6 Å². The van der Waals surface area contributed by atoms with Crippen LogP contribution >= 0.6 is 0 Å². The molecule has 0 radical (unpaired) electrons. The molecule has 0 unspecified atom stereocenters. The second-order valence-corrected chi connectivity index (χ2v) is 10.0. The van der Waals surface area contributed by atoms with Gasteiger partial charge in [0.2, 0.25) is 0 Å². The van der Waals surface area contributed by atoms with Gasteiger partial charge in [0.05, 0.1) is 0 Å². The lowest BCUT2D eigenvalue weighted by Crippen LogP contribution is -2.56. The van der Waals surface area contributed by atoms with Gasteiger partial charge < -0.3 is 4.48 Å². The van der Waals surface area contributed by atoms with E-state index in [-0.39, 0.29) is 0 Å². The minimum Gasteiger partial charge on any atom is -0.441 e. The summed E-state index contributed by atoms with van der Waals surface area (Å²) < 4.78 is 2.53. The van der Waals surface area contributed by atoms with E-state index in [2.05, 4.69) is 78.8 Å². The van der Waals surface area contributed by atoms with Gasteiger partial charge in [0.1, 0.15) is 8.24 Å². The average Bonchev–Trinajstić information content (AvgIpc) is 2.29. The average molecular weight is 227 g/mol. The minimum absolute atomic E-state index is 0.415. The summed E-state index contributed by atoms with van der Waals surface area (Å²) in [4.78, 5) is 0. The summed E-state index contributed by atoms with van der Waals surface area (Å²) in [7, 11) is -1.31. The smallest absolute Gasteiger partial charge is 0.307 e. The summed E-state index contributed by atoms with van der Waals surface area (Å²) in [5.41, 5.74) is 1.38. The molecule has 1 aliphatic rings.